The van der Waals surface area contributed by atoms with Crippen LogP contribution in [0, 0.1) is 11.8 Å². The molecule has 2 unspecified atom stereocenters. The second-order valence-corrected chi connectivity index (χ2v) is 3.94. The Morgan fingerprint density at radius 1 is 1.43 bits per heavy atom. The van der Waals surface area contributed by atoms with Gasteiger partial charge in [0.1, 0.15) is 6.04 Å². The highest BCUT2D eigenvalue weighted by atomic mass is 16.5. The van der Waals surface area contributed by atoms with Gasteiger partial charge in [-0.25, -0.2) is 0 Å². The van der Waals surface area contributed by atoms with E-state index in [1.165, 1.54) is 7.11 Å². The summed E-state index contributed by atoms with van der Waals surface area (Å²) in [6.07, 6.45) is 0. The van der Waals surface area contributed by atoms with Crippen molar-refractivity contribution in [1.82, 2.24) is 5.32 Å². The van der Waals surface area contributed by atoms with Crippen LogP contribution in [-0.4, -0.2) is 37.4 Å². The summed E-state index contributed by atoms with van der Waals surface area (Å²) < 4.78 is 4.68. The monoisotopic (exact) mass is 203 g/mol. The van der Waals surface area contributed by atoms with Crippen LogP contribution in [0.15, 0.2) is 0 Å². The van der Waals surface area contributed by atoms with E-state index in [1.54, 1.807) is 0 Å². The maximum Gasteiger partial charge on any atom is 0.323 e. The Morgan fingerprint density at radius 3 is 2.36 bits per heavy atom. The highest BCUT2D eigenvalue weighted by Crippen LogP contribution is 2.04. The molecule has 0 aromatic heterocycles. The van der Waals surface area contributed by atoms with Crippen molar-refractivity contribution in [2.45, 2.75) is 26.8 Å². The number of nitrogens with one attached hydrogen (secondary N) is 1. The molecule has 0 rings (SSSR count). The number of aliphatic hydroxyl groups excluding tert-OH is 1. The average molecular weight is 203 g/mol. The maximum atomic E-state index is 11.3. The molecule has 0 saturated heterocycles. The topological polar surface area (TPSA) is 58.6 Å². The van der Waals surface area contributed by atoms with Gasteiger partial charge < -0.3 is 15.2 Å². The van der Waals surface area contributed by atoms with Crippen LogP contribution in [0.5, 0.6) is 0 Å². The first-order valence-electron chi connectivity index (χ1n) is 4.95. The molecule has 0 aromatic carbocycles. The summed E-state index contributed by atoms with van der Waals surface area (Å²) in [4.78, 5) is 11.3. The molecule has 2 N–H and O–H groups in total. The zero-order valence-corrected chi connectivity index (χ0v) is 9.41. The highest BCUT2D eigenvalue weighted by molar-refractivity contribution is 5.75. The van der Waals surface area contributed by atoms with Crippen molar-refractivity contribution in [2.75, 3.05) is 20.3 Å². The molecule has 0 aliphatic rings. The lowest BCUT2D eigenvalue weighted by Gasteiger charge is -2.21. The Bertz CT molecular complexity index is 171. The number of hydrogen-bond donors (Lipinski definition) is 2. The van der Waals surface area contributed by atoms with Crippen LogP contribution in [0.1, 0.15) is 20.8 Å². The minimum Gasteiger partial charge on any atom is -0.468 e. The lowest BCUT2D eigenvalue weighted by atomic mass is 10.0. The highest BCUT2D eigenvalue weighted by Gasteiger charge is 2.22. The van der Waals surface area contributed by atoms with Gasteiger partial charge >= 0.3 is 5.97 Å². The van der Waals surface area contributed by atoms with E-state index in [0.717, 1.165) is 0 Å². The number of rotatable bonds is 6. The molecule has 0 fully saturated rings. The lowest BCUT2D eigenvalue weighted by Crippen LogP contribution is -2.43. The summed E-state index contributed by atoms with van der Waals surface area (Å²) in [5, 5.41) is 11.9. The number of aliphatic hydroxyl groups is 1. The molecule has 0 spiro atoms. The Labute approximate surface area is 85.6 Å². The Kier molecular flexibility index (Phi) is 6.49. The molecule has 0 heterocycles. The second kappa shape index (κ2) is 6.79. The first kappa shape index (κ1) is 13.4. The molecule has 0 aromatic rings. The van der Waals surface area contributed by atoms with Gasteiger partial charge in [0, 0.05) is 13.2 Å². The third kappa shape index (κ3) is 4.58. The molecule has 0 amide bonds. The zero-order chi connectivity index (χ0) is 11.1. The molecule has 2 atom stereocenters. The van der Waals surface area contributed by atoms with Crippen LogP contribution >= 0.6 is 0 Å². The molecule has 0 radical (unpaired) electrons. The predicted octanol–water partition coefficient (Wildman–Crippen LogP) is 0.402. The number of methoxy groups -OCH3 is 1. The van der Waals surface area contributed by atoms with E-state index in [-0.39, 0.29) is 30.5 Å². The van der Waals surface area contributed by atoms with Crippen molar-refractivity contribution in [3.8, 4) is 0 Å². The summed E-state index contributed by atoms with van der Waals surface area (Å²) in [7, 11) is 1.38. The van der Waals surface area contributed by atoms with E-state index in [9.17, 15) is 4.79 Å². The fourth-order valence-corrected chi connectivity index (χ4v) is 1.11. The van der Waals surface area contributed by atoms with Crippen molar-refractivity contribution in [2.24, 2.45) is 11.8 Å². The first-order valence-corrected chi connectivity index (χ1v) is 4.95. The Balaban J connectivity index is 4.04. The molecule has 4 heteroatoms. The number of carbonyl (C=O) groups is 1. The predicted molar refractivity (Wildman–Crippen MR) is 54.9 cm³/mol. The number of carbonyl (C=O) groups excluding carboxylic acids is 1. The second-order valence-electron chi connectivity index (χ2n) is 3.94. The van der Waals surface area contributed by atoms with Gasteiger partial charge in [-0.3, -0.25) is 4.79 Å². The number of esters is 1. The molecule has 0 saturated carbocycles. The van der Waals surface area contributed by atoms with Gasteiger partial charge in [-0.15, -0.1) is 0 Å². The summed E-state index contributed by atoms with van der Waals surface area (Å²) in [6.45, 7) is 6.57. The van der Waals surface area contributed by atoms with Gasteiger partial charge in [0.05, 0.1) is 7.11 Å². The molecule has 0 aliphatic heterocycles. The molecular weight excluding hydrogens is 182 g/mol. The SMILES string of the molecule is COC(=O)C(NCC(C)CO)C(C)C. The van der Waals surface area contributed by atoms with Gasteiger partial charge in [0.15, 0.2) is 0 Å². The minimum absolute atomic E-state index is 0.124. The fourth-order valence-electron chi connectivity index (χ4n) is 1.11. The van der Waals surface area contributed by atoms with Crippen molar-refractivity contribution >= 4 is 5.97 Å². The number of ether oxygens (including phenoxy) is 1. The molecule has 0 bridgehead atoms. The third-order valence-corrected chi connectivity index (χ3v) is 2.12. The van der Waals surface area contributed by atoms with Gasteiger partial charge in [0.25, 0.3) is 0 Å². The van der Waals surface area contributed by atoms with E-state index in [1.807, 2.05) is 20.8 Å². The van der Waals surface area contributed by atoms with E-state index in [4.69, 9.17) is 5.11 Å². The average Bonchev–Trinajstić information content (AvgIpc) is 2.16. The van der Waals surface area contributed by atoms with Crippen LogP contribution in [-0.2, 0) is 9.53 Å². The van der Waals surface area contributed by atoms with Crippen LogP contribution in [0.2, 0.25) is 0 Å². The van der Waals surface area contributed by atoms with E-state index in [0.29, 0.717) is 6.54 Å². The summed E-state index contributed by atoms with van der Waals surface area (Å²) >= 11 is 0. The summed E-state index contributed by atoms with van der Waals surface area (Å²) in [5.74, 6) is 0.0967. The largest absolute Gasteiger partial charge is 0.468 e. The van der Waals surface area contributed by atoms with Crippen molar-refractivity contribution in [1.29, 1.82) is 0 Å². The van der Waals surface area contributed by atoms with Gasteiger partial charge in [-0.2, -0.15) is 0 Å². The van der Waals surface area contributed by atoms with Gasteiger partial charge in [-0.1, -0.05) is 20.8 Å². The number of hydrogen-bond acceptors (Lipinski definition) is 4. The first-order chi connectivity index (χ1) is 6.52. The van der Waals surface area contributed by atoms with Gasteiger partial charge in [0.2, 0.25) is 0 Å². The molecule has 0 aliphatic carbocycles. The smallest absolute Gasteiger partial charge is 0.323 e. The zero-order valence-electron chi connectivity index (χ0n) is 9.41. The molecule has 14 heavy (non-hydrogen) atoms. The van der Waals surface area contributed by atoms with E-state index < -0.39 is 0 Å². The summed E-state index contributed by atoms with van der Waals surface area (Å²) in [6, 6.07) is -0.283. The fraction of sp³-hybridized carbons (Fsp3) is 0.900. The summed E-state index contributed by atoms with van der Waals surface area (Å²) in [5.41, 5.74) is 0. The third-order valence-electron chi connectivity index (χ3n) is 2.12. The normalized spacial score (nSPS) is 15.3. The minimum atomic E-state index is -0.283. The van der Waals surface area contributed by atoms with E-state index in [2.05, 4.69) is 10.1 Å². The van der Waals surface area contributed by atoms with Crippen LogP contribution in [0.3, 0.4) is 0 Å². The van der Waals surface area contributed by atoms with Crippen molar-refractivity contribution in [3.63, 3.8) is 0 Å². The Morgan fingerprint density at radius 2 is 2.00 bits per heavy atom. The van der Waals surface area contributed by atoms with Crippen molar-refractivity contribution in [3.05, 3.63) is 0 Å². The van der Waals surface area contributed by atoms with Crippen LogP contribution in [0.25, 0.3) is 0 Å². The van der Waals surface area contributed by atoms with Gasteiger partial charge in [-0.05, 0) is 11.8 Å². The molecule has 4 nitrogen and oxygen atoms in total. The Hall–Kier alpha value is -0.610. The maximum absolute atomic E-state index is 11.3. The van der Waals surface area contributed by atoms with Crippen LogP contribution in [0.4, 0.5) is 0 Å². The quantitative estimate of drug-likeness (QED) is 0.614. The lowest BCUT2D eigenvalue weighted by molar-refractivity contribution is -0.144. The van der Waals surface area contributed by atoms with E-state index >= 15 is 0 Å². The standard InChI is InChI=1S/C10H21NO3/c1-7(2)9(10(13)14-4)11-5-8(3)6-12/h7-9,11-12H,5-6H2,1-4H3. The molecule has 84 valence electrons. The molecular formula is C10H21NO3. The van der Waals surface area contributed by atoms with Crippen molar-refractivity contribution < 1.29 is 14.6 Å². The van der Waals surface area contributed by atoms with Crippen LogP contribution < -0.4 is 5.32 Å².